The molecule has 1 aromatic carbocycles. The Morgan fingerprint density at radius 3 is 2.88 bits per heavy atom. The van der Waals surface area contributed by atoms with Crippen LogP contribution in [0.25, 0.3) is 0 Å². The Bertz CT molecular complexity index is 481. The molecule has 0 radical (unpaired) electrons. The molecule has 2 N–H and O–H groups in total. The van der Waals surface area contributed by atoms with Crippen molar-refractivity contribution in [2.75, 3.05) is 6.54 Å². The highest BCUT2D eigenvalue weighted by atomic mass is 16.6. The van der Waals surface area contributed by atoms with Gasteiger partial charge in [0, 0.05) is 12.1 Å². The number of nitrogens with zero attached hydrogens (tertiary/aromatic N) is 2. The van der Waals surface area contributed by atoms with Crippen LogP contribution >= 0.6 is 0 Å². The Morgan fingerprint density at radius 1 is 1.65 bits per heavy atom. The Labute approximate surface area is 96.4 Å². The minimum atomic E-state index is -1.10. The fraction of sp³-hybridized carbons (Fsp3) is 0.200. The van der Waals surface area contributed by atoms with Gasteiger partial charge in [-0.1, -0.05) is 12.1 Å². The summed E-state index contributed by atoms with van der Waals surface area (Å²) in [6, 6.07) is 6.47. The third-order valence-corrected chi connectivity index (χ3v) is 2.00. The van der Waals surface area contributed by atoms with E-state index in [4.69, 9.17) is 10.4 Å². The van der Waals surface area contributed by atoms with Gasteiger partial charge in [-0.05, 0) is 5.56 Å². The fourth-order valence-electron chi connectivity index (χ4n) is 1.25. The second-order valence-corrected chi connectivity index (χ2v) is 3.19. The zero-order valence-electron chi connectivity index (χ0n) is 8.66. The van der Waals surface area contributed by atoms with Crippen molar-refractivity contribution in [3.05, 3.63) is 39.9 Å². The largest absolute Gasteiger partial charge is 0.480 e. The van der Waals surface area contributed by atoms with Crippen LogP contribution in [0.3, 0.4) is 0 Å². The average Bonchev–Trinajstić information content (AvgIpc) is 2.30. The highest BCUT2D eigenvalue weighted by molar-refractivity contribution is 5.69. The molecule has 0 spiro atoms. The molecule has 17 heavy (non-hydrogen) atoms. The first-order chi connectivity index (χ1) is 8.04. The first kappa shape index (κ1) is 12.6. The predicted octanol–water partition coefficient (Wildman–Crippen LogP) is 0.834. The standard InChI is InChI=1S/C10H9N3O4/c11-5-9(12-6-10(14)15)7-2-1-3-8(4-7)13(16)17/h1-4,9,12H,6H2,(H,14,15). The van der Waals surface area contributed by atoms with Crippen molar-refractivity contribution < 1.29 is 14.8 Å². The molecule has 0 aromatic heterocycles. The third-order valence-electron chi connectivity index (χ3n) is 2.00. The summed E-state index contributed by atoms with van der Waals surface area (Å²) in [4.78, 5) is 20.3. The highest BCUT2D eigenvalue weighted by Crippen LogP contribution is 2.18. The van der Waals surface area contributed by atoms with Crippen LogP contribution in [0.5, 0.6) is 0 Å². The summed E-state index contributed by atoms with van der Waals surface area (Å²) >= 11 is 0. The van der Waals surface area contributed by atoms with Crippen LogP contribution in [0.15, 0.2) is 24.3 Å². The van der Waals surface area contributed by atoms with Gasteiger partial charge >= 0.3 is 5.97 Å². The first-order valence-electron chi connectivity index (χ1n) is 4.63. The topological polar surface area (TPSA) is 116 Å². The molecule has 0 fully saturated rings. The van der Waals surface area contributed by atoms with E-state index >= 15 is 0 Å². The van der Waals surface area contributed by atoms with E-state index in [2.05, 4.69) is 5.32 Å². The van der Waals surface area contributed by atoms with Gasteiger partial charge in [0.15, 0.2) is 0 Å². The number of nitro groups is 1. The van der Waals surface area contributed by atoms with Crippen LogP contribution in [0, 0.1) is 21.4 Å². The van der Waals surface area contributed by atoms with Crippen LogP contribution in [-0.2, 0) is 4.79 Å². The molecule has 0 saturated carbocycles. The lowest BCUT2D eigenvalue weighted by Crippen LogP contribution is -2.26. The number of aliphatic carboxylic acids is 1. The average molecular weight is 235 g/mol. The Balaban J connectivity index is 2.89. The number of nitrogens with one attached hydrogen (secondary N) is 1. The number of nitro benzene ring substituents is 1. The maximum atomic E-state index is 10.5. The molecule has 1 rings (SSSR count). The number of carboxylic acids is 1. The van der Waals surface area contributed by atoms with Crippen LogP contribution in [0.4, 0.5) is 5.69 Å². The maximum absolute atomic E-state index is 10.5. The van der Waals surface area contributed by atoms with Gasteiger partial charge in [0.25, 0.3) is 5.69 Å². The minimum Gasteiger partial charge on any atom is -0.480 e. The van der Waals surface area contributed by atoms with Gasteiger partial charge in [-0.15, -0.1) is 0 Å². The monoisotopic (exact) mass is 235 g/mol. The lowest BCUT2D eigenvalue weighted by molar-refractivity contribution is -0.384. The zero-order chi connectivity index (χ0) is 12.8. The van der Waals surface area contributed by atoms with Crippen LogP contribution in [0.1, 0.15) is 11.6 Å². The van der Waals surface area contributed by atoms with Crippen molar-refractivity contribution >= 4 is 11.7 Å². The Morgan fingerprint density at radius 2 is 2.35 bits per heavy atom. The van der Waals surface area contributed by atoms with Gasteiger partial charge in [0.1, 0.15) is 6.04 Å². The molecule has 1 atom stereocenters. The fourth-order valence-corrected chi connectivity index (χ4v) is 1.25. The number of nitriles is 1. The lowest BCUT2D eigenvalue weighted by Gasteiger charge is -2.09. The molecule has 0 saturated heterocycles. The maximum Gasteiger partial charge on any atom is 0.317 e. The van der Waals surface area contributed by atoms with E-state index in [9.17, 15) is 14.9 Å². The Hall–Kier alpha value is -2.46. The number of benzene rings is 1. The molecule has 1 aromatic rings. The third kappa shape index (κ3) is 3.55. The molecule has 0 aliphatic heterocycles. The molecule has 7 nitrogen and oxygen atoms in total. The van der Waals surface area contributed by atoms with Gasteiger partial charge < -0.3 is 5.11 Å². The van der Waals surface area contributed by atoms with Crippen molar-refractivity contribution in [3.8, 4) is 6.07 Å². The number of hydrogen-bond donors (Lipinski definition) is 2. The number of non-ortho nitro benzene ring substituents is 1. The lowest BCUT2D eigenvalue weighted by atomic mass is 10.1. The van der Waals surface area contributed by atoms with Crippen molar-refractivity contribution in [1.82, 2.24) is 5.32 Å². The summed E-state index contributed by atoms with van der Waals surface area (Å²) in [6.45, 7) is -0.388. The molecule has 7 heteroatoms. The molecule has 0 aliphatic rings. The van der Waals surface area contributed by atoms with E-state index in [0.717, 1.165) is 0 Å². The van der Waals surface area contributed by atoms with Crippen molar-refractivity contribution in [2.45, 2.75) is 6.04 Å². The first-order valence-corrected chi connectivity index (χ1v) is 4.63. The number of carbonyl (C=O) groups is 1. The summed E-state index contributed by atoms with van der Waals surface area (Å²) in [7, 11) is 0. The summed E-state index contributed by atoms with van der Waals surface area (Å²) < 4.78 is 0. The quantitative estimate of drug-likeness (QED) is 0.576. The number of rotatable bonds is 5. The van der Waals surface area contributed by atoms with Gasteiger partial charge in [-0.2, -0.15) is 5.26 Å². The molecule has 88 valence electrons. The van der Waals surface area contributed by atoms with E-state index in [1.54, 1.807) is 0 Å². The Kier molecular flexibility index (Phi) is 4.14. The molecule has 0 aliphatic carbocycles. The van der Waals surface area contributed by atoms with E-state index in [-0.39, 0.29) is 12.2 Å². The minimum absolute atomic E-state index is 0.139. The van der Waals surface area contributed by atoms with Gasteiger partial charge in [-0.3, -0.25) is 20.2 Å². The molecule has 0 bridgehead atoms. The second kappa shape index (κ2) is 5.58. The number of hydrogen-bond acceptors (Lipinski definition) is 5. The SMILES string of the molecule is N#CC(NCC(=O)O)c1cccc([N+](=O)[O-])c1. The highest BCUT2D eigenvalue weighted by Gasteiger charge is 2.14. The molecular weight excluding hydrogens is 226 g/mol. The summed E-state index contributed by atoms with van der Waals surface area (Å²) in [5.74, 6) is -1.10. The zero-order valence-corrected chi connectivity index (χ0v) is 8.66. The van der Waals surface area contributed by atoms with Crippen LogP contribution < -0.4 is 5.32 Å². The smallest absolute Gasteiger partial charge is 0.317 e. The summed E-state index contributed by atoms with van der Waals surface area (Å²) in [6.07, 6.45) is 0. The number of carboxylic acid groups (broad SMARTS) is 1. The van der Waals surface area contributed by atoms with Crippen molar-refractivity contribution in [1.29, 1.82) is 5.26 Å². The van der Waals surface area contributed by atoms with Gasteiger partial charge in [-0.25, -0.2) is 0 Å². The molecule has 0 heterocycles. The van der Waals surface area contributed by atoms with Crippen LogP contribution in [-0.4, -0.2) is 22.5 Å². The molecular formula is C10H9N3O4. The summed E-state index contributed by atoms with van der Waals surface area (Å²) in [5.41, 5.74) is 0.225. The normalized spacial score (nSPS) is 11.5. The van der Waals surface area contributed by atoms with E-state index < -0.39 is 16.9 Å². The summed E-state index contributed by atoms with van der Waals surface area (Å²) in [5, 5.41) is 30.3. The van der Waals surface area contributed by atoms with Crippen molar-refractivity contribution in [3.63, 3.8) is 0 Å². The van der Waals surface area contributed by atoms with E-state index in [0.29, 0.717) is 5.56 Å². The van der Waals surface area contributed by atoms with Gasteiger partial charge in [0.2, 0.25) is 0 Å². The van der Waals surface area contributed by atoms with Crippen LogP contribution in [0.2, 0.25) is 0 Å². The second-order valence-electron chi connectivity index (χ2n) is 3.19. The predicted molar refractivity (Wildman–Crippen MR) is 57.1 cm³/mol. The molecule has 1 unspecified atom stereocenters. The van der Waals surface area contributed by atoms with Gasteiger partial charge in [0.05, 0.1) is 17.5 Å². The van der Waals surface area contributed by atoms with E-state index in [1.807, 2.05) is 6.07 Å². The van der Waals surface area contributed by atoms with E-state index in [1.165, 1.54) is 24.3 Å². The molecule has 0 amide bonds. The van der Waals surface area contributed by atoms with Crippen molar-refractivity contribution in [2.24, 2.45) is 0 Å².